The standard InChI is InChI=1S/C14H20N2O/c1-2-17-8-7-12(15)9-11-10-16-14-6-4-3-5-13(11)14/h3-6,10,12,16H,2,7-9,15H2,1H3. The summed E-state index contributed by atoms with van der Waals surface area (Å²) in [5, 5.41) is 1.28. The molecule has 3 heteroatoms. The van der Waals surface area contributed by atoms with E-state index in [9.17, 15) is 0 Å². The molecule has 3 N–H and O–H groups in total. The van der Waals surface area contributed by atoms with E-state index in [4.69, 9.17) is 10.5 Å². The second-order valence-corrected chi connectivity index (χ2v) is 4.31. The van der Waals surface area contributed by atoms with Crippen LogP contribution in [0.2, 0.25) is 0 Å². The molecule has 1 unspecified atom stereocenters. The monoisotopic (exact) mass is 232 g/mol. The van der Waals surface area contributed by atoms with E-state index in [2.05, 4.69) is 29.4 Å². The van der Waals surface area contributed by atoms with E-state index >= 15 is 0 Å². The first-order chi connectivity index (χ1) is 8.31. The van der Waals surface area contributed by atoms with Gasteiger partial charge in [0.05, 0.1) is 0 Å². The van der Waals surface area contributed by atoms with Crippen molar-refractivity contribution in [1.82, 2.24) is 4.98 Å². The number of nitrogens with one attached hydrogen (secondary N) is 1. The maximum atomic E-state index is 6.10. The molecule has 2 rings (SSSR count). The lowest BCUT2D eigenvalue weighted by atomic mass is 10.0. The van der Waals surface area contributed by atoms with Gasteiger partial charge in [0.1, 0.15) is 0 Å². The first-order valence-electron chi connectivity index (χ1n) is 6.19. The van der Waals surface area contributed by atoms with Gasteiger partial charge in [0, 0.05) is 36.4 Å². The Labute approximate surface area is 102 Å². The van der Waals surface area contributed by atoms with Gasteiger partial charge in [-0.1, -0.05) is 18.2 Å². The Kier molecular flexibility index (Phi) is 4.18. The van der Waals surface area contributed by atoms with Crippen molar-refractivity contribution in [2.75, 3.05) is 13.2 Å². The number of aromatic amines is 1. The summed E-state index contributed by atoms with van der Waals surface area (Å²) in [4.78, 5) is 3.27. The van der Waals surface area contributed by atoms with Crippen LogP contribution < -0.4 is 5.73 Å². The molecule has 0 aliphatic heterocycles. The minimum Gasteiger partial charge on any atom is -0.382 e. The van der Waals surface area contributed by atoms with Crippen LogP contribution in [0.15, 0.2) is 30.5 Å². The van der Waals surface area contributed by atoms with Crippen LogP contribution in [0.1, 0.15) is 18.9 Å². The molecular weight excluding hydrogens is 212 g/mol. The zero-order chi connectivity index (χ0) is 12.1. The summed E-state index contributed by atoms with van der Waals surface area (Å²) in [5.74, 6) is 0. The predicted octanol–water partition coefficient (Wildman–Crippen LogP) is 2.46. The summed E-state index contributed by atoms with van der Waals surface area (Å²) < 4.78 is 5.32. The van der Waals surface area contributed by atoms with Crippen LogP contribution >= 0.6 is 0 Å². The van der Waals surface area contributed by atoms with Crippen LogP contribution in [-0.4, -0.2) is 24.2 Å². The third-order valence-electron chi connectivity index (χ3n) is 2.99. The van der Waals surface area contributed by atoms with E-state index in [1.54, 1.807) is 0 Å². The third kappa shape index (κ3) is 3.08. The van der Waals surface area contributed by atoms with Gasteiger partial charge in [-0.3, -0.25) is 0 Å². The summed E-state index contributed by atoms with van der Waals surface area (Å²) in [6.45, 7) is 3.52. The van der Waals surface area contributed by atoms with Crippen LogP contribution in [-0.2, 0) is 11.2 Å². The molecule has 1 aromatic carbocycles. The molecule has 0 bridgehead atoms. The Balaban J connectivity index is 1.98. The van der Waals surface area contributed by atoms with Crippen LogP contribution in [0.4, 0.5) is 0 Å². The van der Waals surface area contributed by atoms with Crippen molar-refractivity contribution < 1.29 is 4.74 Å². The quantitative estimate of drug-likeness (QED) is 0.752. The third-order valence-corrected chi connectivity index (χ3v) is 2.99. The molecule has 0 radical (unpaired) electrons. The first-order valence-corrected chi connectivity index (χ1v) is 6.19. The highest BCUT2D eigenvalue weighted by Gasteiger charge is 2.08. The number of ether oxygens (including phenoxy) is 1. The van der Waals surface area contributed by atoms with Crippen LogP contribution in [0.5, 0.6) is 0 Å². The van der Waals surface area contributed by atoms with Crippen LogP contribution in [0.3, 0.4) is 0 Å². The Morgan fingerprint density at radius 2 is 2.18 bits per heavy atom. The normalized spacial score (nSPS) is 13.1. The molecule has 1 aromatic heterocycles. The molecule has 0 fully saturated rings. The highest BCUT2D eigenvalue weighted by Crippen LogP contribution is 2.19. The largest absolute Gasteiger partial charge is 0.382 e. The fraction of sp³-hybridized carbons (Fsp3) is 0.429. The van der Waals surface area contributed by atoms with Crippen molar-refractivity contribution in [2.24, 2.45) is 5.73 Å². The van der Waals surface area contributed by atoms with E-state index in [1.807, 2.05) is 13.0 Å². The van der Waals surface area contributed by atoms with Crippen LogP contribution in [0, 0.1) is 0 Å². The molecule has 3 nitrogen and oxygen atoms in total. The number of hydrogen-bond donors (Lipinski definition) is 2. The molecule has 0 amide bonds. The van der Waals surface area contributed by atoms with Gasteiger partial charge in [-0.15, -0.1) is 0 Å². The lowest BCUT2D eigenvalue weighted by molar-refractivity contribution is 0.140. The van der Waals surface area contributed by atoms with Gasteiger partial charge in [-0.2, -0.15) is 0 Å². The smallest absolute Gasteiger partial charge is 0.0480 e. The predicted molar refractivity (Wildman–Crippen MR) is 71.1 cm³/mol. The lowest BCUT2D eigenvalue weighted by Crippen LogP contribution is -2.24. The Morgan fingerprint density at radius 3 is 3.00 bits per heavy atom. The van der Waals surface area contributed by atoms with Crippen molar-refractivity contribution in [3.8, 4) is 0 Å². The van der Waals surface area contributed by atoms with E-state index in [1.165, 1.54) is 16.5 Å². The minimum absolute atomic E-state index is 0.167. The van der Waals surface area contributed by atoms with Crippen molar-refractivity contribution in [1.29, 1.82) is 0 Å². The molecule has 1 heterocycles. The number of fused-ring (bicyclic) bond motifs is 1. The molecule has 0 spiro atoms. The van der Waals surface area contributed by atoms with Gasteiger partial charge in [-0.05, 0) is 31.4 Å². The van der Waals surface area contributed by atoms with E-state index in [-0.39, 0.29) is 6.04 Å². The van der Waals surface area contributed by atoms with E-state index < -0.39 is 0 Å². The Bertz CT molecular complexity index is 464. The van der Waals surface area contributed by atoms with Crippen molar-refractivity contribution in [3.63, 3.8) is 0 Å². The van der Waals surface area contributed by atoms with Gasteiger partial charge < -0.3 is 15.5 Å². The summed E-state index contributed by atoms with van der Waals surface area (Å²) in [6.07, 6.45) is 3.87. The fourth-order valence-electron chi connectivity index (χ4n) is 2.06. The zero-order valence-electron chi connectivity index (χ0n) is 10.3. The number of hydrogen-bond acceptors (Lipinski definition) is 2. The Morgan fingerprint density at radius 1 is 1.35 bits per heavy atom. The van der Waals surface area contributed by atoms with Gasteiger partial charge in [0.25, 0.3) is 0 Å². The summed E-state index contributed by atoms with van der Waals surface area (Å²) in [6, 6.07) is 8.49. The molecule has 0 aliphatic rings. The van der Waals surface area contributed by atoms with Crippen molar-refractivity contribution in [2.45, 2.75) is 25.8 Å². The van der Waals surface area contributed by atoms with Crippen molar-refractivity contribution >= 4 is 10.9 Å². The highest BCUT2D eigenvalue weighted by atomic mass is 16.5. The molecule has 0 saturated heterocycles. The second-order valence-electron chi connectivity index (χ2n) is 4.31. The second kappa shape index (κ2) is 5.84. The maximum Gasteiger partial charge on any atom is 0.0480 e. The molecule has 0 saturated carbocycles. The zero-order valence-corrected chi connectivity index (χ0v) is 10.3. The van der Waals surface area contributed by atoms with Gasteiger partial charge in [0.2, 0.25) is 0 Å². The van der Waals surface area contributed by atoms with E-state index in [0.29, 0.717) is 0 Å². The average Bonchev–Trinajstić information content (AvgIpc) is 2.73. The molecule has 2 aromatic rings. The van der Waals surface area contributed by atoms with E-state index in [0.717, 1.165) is 26.1 Å². The Hall–Kier alpha value is -1.32. The number of rotatable bonds is 6. The SMILES string of the molecule is CCOCCC(N)Cc1c[nH]c2ccccc12. The van der Waals surface area contributed by atoms with Gasteiger partial charge in [0.15, 0.2) is 0 Å². The number of para-hydroxylation sites is 1. The molecule has 17 heavy (non-hydrogen) atoms. The van der Waals surface area contributed by atoms with Gasteiger partial charge in [-0.25, -0.2) is 0 Å². The maximum absolute atomic E-state index is 6.10. The topological polar surface area (TPSA) is 51.0 Å². The molecule has 0 aliphatic carbocycles. The number of nitrogens with two attached hydrogens (primary N) is 1. The minimum atomic E-state index is 0.167. The first kappa shape index (κ1) is 12.1. The number of aromatic nitrogens is 1. The number of H-pyrrole nitrogens is 1. The molecule has 1 atom stereocenters. The fourth-order valence-corrected chi connectivity index (χ4v) is 2.06. The van der Waals surface area contributed by atoms with Crippen LogP contribution in [0.25, 0.3) is 10.9 Å². The number of benzene rings is 1. The lowest BCUT2D eigenvalue weighted by Gasteiger charge is -2.10. The van der Waals surface area contributed by atoms with Gasteiger partial charge >= 0.3 is 0 Å². The molecule has 92 valence electrons. The van der Waals surface area contributed by atoms with Crippen molar-refractivity contribution in [3.05, 3.63) is 36.0 Å². The highest BCUT2D eigenvalue weighted by molar-refractivity contribution is 5.83. The average molecular weight is 232 g/mol. The summed E-state index contributed by atoms with van der Waals surface area (Å²) >= 11 is 0. The molecular formula is C14H20N2O. The summed E-state index contributed by atoms with van der Waals surface area (Å²) in [7, 11) is 0. The summed E-state index contributed by atoms with van der Waals surface area (Å²) in [5.41, 5.74) is 8.58.